The number of hydrogen-bond acceptors (Lipinski definition) is 2. The van der Waals surface area contributed by atoms with Gasteiger partial charge in [0.15, 0.2) is 0 Å². The van der Waals surface area contributed by atoms with Crippen molar-refractivity contribution in [3.05, 3.63) is 35.4 Å². The standard InChI is InChI=1S/C15H25NO/c1-14(2,16)10-12-8-6-7-9-13(12)11-15(3,4)17-5/h6-9H,10-11,16H2,1-5H3. The molecule has 0 atom stereocenters. The van der Waals surface area contributed by atoms with Crippen molar-refractivity contribution >= 4 is 0 Å². The Balaban J connectivity index is 2.92. The van der Waals surface area contributed by atoms with Gasteiger partial charge in [-0.2, -0.15) is 0 Å². The van der Waals surface area contributed by atoms with Crippen molar-refractivity contribution in [1.82, 2.24) is 0 Å². The summed E-state index contributed by atoms with van der Waals surface area (Å²) in [6.45, 7) is 8.34. The van der Waals surface area contributed by atoms with Gasteiger partial charge in [0.2, 0.25) is 0 Å². The molecule has 1 aromatic rings. The number of benzene rings is 1. The molecule has 0 aliphatic heterocycles. The Labute approximate surface area is 105 Å². The zero-order valence-electron chi connectivity index (χ0n) is 11.7. The third kappa shape index (κ3) is 4.88. The third-order valence-electron chi connectivity index (χ3n) is 2.93. The van der Waals surface area contributed by atoms with Crippen LogP contribution in [-0.2, 0) is 17.6 Å². The van der Waals surface area contributed by atoms with Crippen LogP contribution in [0.4, 0.5) is 0 Å². The normalized spacial score (nSPS) is 12.8. The maximum absolute atomic E-state index is 6.10. The summed E-state index contributed by atoms with van der Waals surface area (Å²) in [5.74, 6) is 0. The fourth-order valence-corrected chi connectivity index (χ4v) is 1.92. The van der Waals surface area contributed by atoms with E-state index in [0.717, 1.165) is 12.8 Å². The lowest BCUT2D eigenvalue weighted by atomic mass is 9.88. The van der Waals surface area contributed by atoms with E-state index in [2.05, 4.69) is 52.0 Å². The SMILES string of the molecule is COC(C)(C)Cc1ccccc1CC(C)(C)N. The molecule has 2 heteroatoms. The van der Waals surface area contributed by atoms with Gasteiger partial charge in [-0.1, -0.05) is 24.3 Å². The first-order valence-corrected chi connectivity index (χ1v) is 6.14. The second kappa shape index (κ2) is 5.19. The van der Waals surface area contributed by atoms with Gasteiger partial charge in [0.1, 0.15) is 0 Å². The molecule has 2 N–H and O–H groups in total. The maximum Gasteiger partial charge on any atom is 0.0663 e. The molecule has 0 heterocycles. The third-order valence-corrected chi connectivity index (χ3v) is 2.93. The van der Waals surface area contributed by atoms with E-state index < -0.39 is 0 Å². The highest BCUT2D eigenvalue weighted by Gasteiger charge is 2.20. The average molecular weight is 235 g/mol. The van der Waals surface area contributed by atoms with E-state index in [1.165, 1.54) is 11.1 Å². The van der Waals surface area contributed by atoms with E-state index in [1.807, 2.05) is 0 Å². The smallest absolute Gasteiger partial charge is 0.0663 e. The Morgan fingerprint density at radius 1 is 1.00 bits per heavy atom. The average Bonchev–Trinajstić information content (AvgIpc) is 2.19. The fourth-order valence-electron chi connectivity index (χ4n) is 1.92. The van der Waals surface area contributed by atoms with E-state index in [-0.39, 0.29) is 11.1 Å². The lowest BCUT2D eigenvalue weighted by Crippen LogP contribution is -2.35. The van der Waals surface area contributed by atoms with Gasteiger partial charge in [-0.05, 0) is 45.2 Å². The van der Waals surface area contributed by atoms with Gasteiger partial charge in [-0.3, -0.25) is 0 Å². The minimum Gasteiger partial charge on any atom is -0.378 e. The lowest BCUT2D eigenvalue weighted by Gasteiger charge is -2.26. The second-order valence-electron chi connectivity index (χ2n) is 6.07. The van der Waals surface area contributed by atoms with Crippen molar-refractivity contribution in [3.63, 3.8) is 0 Å². The van der Waals surface area contributed by atoms with Crippen molar-refractivity contribution < 1.29 is 4.74 Å². The summed E-state index contributed by atoms with van der Waals surface area (Å²) in [6.07, 6.45) is 1.80. The Morgan fingerprint density at radius 3 is 1.88 bits per heavy atom. The molecule has 1 rings (SSSR count). The predicted octanol–water partition coefficient (Wildman–Crippen LogP) is 2.93. The largest absolute Gasteiger partial charge is 0.378 e. The first-order chi connectivity index (χ1) is 7.73. The van der Waals surface area contributed by atoms with Crippen molar-refractivity contribution in [2.24, 2.45) is 5.73 Å². The van der Waals surface area contributed by atoms with Crippen molar-refractivity contribution in [3.8, 4) is 0 Å². The van der Waals surface area contributed by atoms with E-state index in [9.17, 15) is 0 Å². The van der Waals surface area contributed by atoms with Gasteiger partial charge in [-0.25, -0.2) is 0 Å². The molecule has 0 amide bonds. The van der Waals surface area contributed by atoms with E-state index in [4.69, 9.17) is 10.5 Å². The van der Waals surface area contributed by atoms with Crippen LogP contribution in [0.25, 0.3) is 0 Å². The molecule has 0 aromatic heterocycles. The molecule has 1 aromatic carbocycles. The Kier molecular flexibility index (Phi) is 4.34. The van der Waals surface area contributed by atoms with Gasteiger partial charge in [0.05, 0.1) is 5.60 Å². The summed E-state index contributed by atoms with van der Waals surface area (Å²) in [4.78, 5) is 0. The number of methoxy groups -OCH3 is 1. The van der Waals surface area contributed by atoms with E-state index in [0.29, 0.717) is 0 Å². The molecule has 0 spiro atoms. The molecule has 0 unspecified atom stereocenters. The summed E-state index contributed by atoms with van der Waals surface area (Å²) in [7, 11) is 1.76. The van der Waals surface area contributed by atoms with Crippen LogP contribution in [0.5, 0.6) is 0 Å². The second-order valence-corrected chi connectivity index (χ2v) is 6.07. The number of ether oxygens (including phenoxy) is 1. The Hall–Kier alpha value is -0.860. The summed E-state index contributed by atoms with van der Waals surface area (Å²) in [5.41, 5.74) is 8.45. The van der Waals surface area contributed by atoms with Crippen LogP contribution >= 0.6 is 0 Å². The van der Waals surface area contributed by atoms with Crippen LogP contribution < -0.4 is 5.73 Å². The number of nitrogens with two attached hydrogens (primary N) is 1. The van der Waals surface area contributed by atoms with Crippen LogP contribution in [-0.4, -0.2) is 18.2 Å². The van der Waals surface area contributed by atoms with Crippen molar-refractivity contribution in [2.75, 3.05) is 7.11 Å². The maximum atomic E-state index is 6.10. The molecule has 0 saturated heterocycles. The van der Waals surface area contributed by atoms with Gasteiger partial charge in [0.25, 0.3) is 0 Å². The quantitative estimate of drug-likeness (QED) is 0.851. The Morgan fingerprint density at radius 2 is 1.47 bits per heavy atom. The minimum atomic E-state index is -0.173. The van der Waals surface area contributed by atoms with Crippen LogP contribution in [0.3, 0.4) is 0 Å². The molecule has 0 radical (unpaired) electrons. The molecule has 0 bridgehead atoms. The van der Waals surface area contributed by atoms with Crippen molar-refractivity contribution in [1.29, 1.82) is 0 Å². The molecule has 0 aliphatic carbocycles. The van der Waals surface area contributed by atoms with E-state index >= 15 is 0 Å². The highest BCUT2D eigenvalue weighted by atomic mass is 16.5. The highest BCUT2D eigenvalue weighted by molar-refractivity contribution is 5.29. The monoisotopic (exact) mass is 235 g/mol. The molecule has 2 nitrogen and oxygen atoms in total. The number of hydrogen-bond donors (Lipinski definition) is 1. The zero-order valence-corrected chi connectivity index (χ0v) is 11.7. The van der Waals surface area contributed by atoms with Gasteiger partial charge >= 0.3 is 0 Å². The predicted molar refractivity (Wildman–Crippen MR) is 73.2 cm³/mol. The van der Waals surface area contributed by atoms with Crippen molar-refractivity contribution in [2.45, 2.75) is 51.7 Å². The minimum absolute atomic E-state index is 0.130. The molecular weight excluding hydrogens is 210 g/mol. The Bertz CT molecular complexity index is 363. The molecule has 0 saturated carbocycles. The molecular formula is C15H25NO. The summed E-state index contributed by atoms with van der Waals surface area (Å²) >= 11 is 0. The topological polar surface area (TPSA) is 35.2 Å². The molecule has 0 fully saturated rings. The van der Waals surface area contributed by atoms with Gasteiger partial charge in [-0.15, -0.1) is 0 Å². The van der Waals surface area contributed by atoms with Gasteiger partial charge in [0, 0.05) is 19.1 Å². The lowest BCUT2D eigenvalue weighted by molar-refractivity contribution is 0.0230. The fraction of sp³-hybridized carbons (Fsp3) is 0.600. The van der Waals surface area contributed by atoms with E-state index in [1.54, 1.807) is 7.11 Å². The number of rotatable bonds is 5. The molecule has 17 heavy (non-hydrogen) atoms. The molecule has 96 valence electrons. The van der Waals surface area contributed by atoms with Crippen LogP contribution in [0.1, 0.15) is 38.8 Å². The van der Waals surface area contributed by atoms with Crippen LogP contribution in [0.2, 0.25) is 0 Å². The highest BCUT2D eigenvalue weighted by Crippen LogP contribution is 2.21. The molecule has 0 aliphatic rings. The van der Waals surface area contributed by atoms with Crippen LogP contribution in [0, 0.1) is 0 Å². The summed E-state index contributed by atoms with van der Waals surface area (Å²) in [6, 6.07) is 8.48. The summed E-state index contributed by atoms with van der Waals surface area (Å²) < 4.78 is 5.50. The summed E-state index contributed by atoms with van der Waals surface area (Å²) in [5, 5.41) is 0. The van der Waals surface area contributed by atoms with Gasteiger partial charge < -0.3 is 10.5 Å². The zero-order chi connectivity index (χ0) is 13.1. The first kappa shape index (κ1) is 14.2. The first-order valence-electron chi connectivity index (χ1n) is 6.14. The van der Waals surface area contributed by atoms with Crippen LogP contribution in [0.15, 0.2) is 24.3 Å².